The van der Waals surface area contributed by atoms with Gasteiger partial charge in [-0.05, 0) is 34.6 Å². The number of hydrogen-bond acceptors (Lipinski definition) is 5. The van der Waals surface area contributed by atoms with Gasteiger partial charge in [-0.3, -0.25) is 0 Å². The molecule has 102 valence electrons. The molecule has 18 heavy (non-hydrogen) atoms. The summed E-state index contributed by atoms with van der Waals surface area (Å²) in [5.74, 6) is -1.20. The molecule has 3 saturated heterocycles. The Morgan fingerprint density at radius 3 is 2.17 bits per heavy atom. The normalized spacial score (nSPS) is 49.5. The average molecular weight is 256 g/mol. The molecule has 0 spiro atoms. The second-order valence-corrected chi connectivity index (χ2v) is 6.00. The lowest BCUT2D eigenvalue weighted by atomic mass is 10.1. The maximum atomic E-state index is 5.94. The van der Waals surface area contributed by atoms with E-state index in [1.807, 2.05) is 27.7 Å². The monoisotopic (exact) mass is 256 g/mol. The van der Waals surface area contributed by atoms with Crippen molar-refractivity contribution in [3.8, 4) is 0 Å². The number of rotatable bonds is 1. The Morgan fingerprint density at radius 1 is 0.889 bits per heavy atom. The third-order valence-corrected chi connectivity index (χ3v) is 3.52. The minimum Gasteiger partial charge on any atom is -0.366 e. The van der Waals surface area contributed by atoms with E-state index in [0.717, 1.165) is 0 Å². The van der Waals surface area contributed by atoms with Gasteiger partial charge in [-0.2, -0.15) is 0 Å². The van der Waals surface area contributed by atoms with Crippen molar-refractivity contribution in [1.82, 2.24) is 0 Å². The van der Waals surface area contributed by atoms with Crippen molar-refractivity contribution < 1.29 is 23.7 Å². The summed E-state index contributed by atoms with van der Waals surface area (Å²) in [5.41, 5.74) is 0. The highest BCUT2D eigenvalue weighted by molar-refractivity contribution is 5.02. The fourth-order valence-corrected chi connectivity index (χ4v) is 2.84. The molecule has 3 rings (SSSR count). The van der Waals surface area contributed by atoms with Gasteiger partial charge in [0.15, 0.2) is 11.6 Å². The maximum absolute atomic E-state index is 5.94. The van der Waals surface area contributed by atoms with Gasteiger partial charge in [-0.25, -0.2) is 0 Å². The fourth-order valence-electron chi connectivity index (χ4n) is 2.84. The van der Waals surface area contributed by atoms with Crippen LogP contribution in [0.2, 0.25) is 0 Å². The van der Waals surface area contributed by atoms with Gasteiger partial charge in [0, 0.05) is 0 Å². The molecular formula is C13H20O5. The lowest BCUT2D eigenvalue weighted by molar-refractivity contribution is -0.202. The minimum atomic E-state index is -0.621. The average Bonchev–Trinajstić information content (AvgIpc) is 2.81. The molecule has 0 saturated carbocycles. The highest BCUT2D eigenvalue weighted by Gasteiger charge is 2.57. The van der Waals surface area contributed by atoms with Crippen molar-refractivity contribution in [2.24, 2.45) is 0 Å². The quantitative estimate of drug-likeness (QED) is 0.704. The molecule has 0 amide bonds. The van der Waals surface area contributed by atoms with E-state index in [-0.39, 0.29) is 24.4 Å². The molecule has 0 aromatic carbocycles. The van der Waals surface area contributed by atoms with Gasteiger partial charge in [0.05, 0.1) is 12.7 Å². The maximum Gasteiger partial charge on any atom is 0.164 e. The van der Waals surface area contributed by atoms with Crippen LogP contribution in [0.4, 0.5) is 0 Å². The topological polar surface area (TPSA) is 46.2 Å². The summed E-state index contributed by atoms with van der Waals surface area (Å²) in [6.07, 6.45) is -1.32. The van der Waals surface area contributed by atoms with Crippen LogP contribution in [0.25, 0.3) is 0 Å². The summed E-state index contributed by atoms with van der Waals surface area (Å²) in [6.45, 7) is 14.0. The van der Waals surface area contributed by atoms with Crippen LogP contribution < -0.4 is 0 Å². The second kappa shape index (κ2) is 3.90. The van der Waals surface area contributed by atoms with Crippen LogP contribution in [-0.4, -0.2) is 48.7 Å². The first-order valence-electron chi connectivity index (χ1n) is 6.36. The molecule has 5 nitrogen and oxygen atoms in total. The van der Waals surface area contributed by atoms with Crippen molar-refractivity contribution in [2.75, 3.05) is 6.61 Å². The Labute approximate surface area is 108 Å². The zero-order valence-corrected chi connectivity index (χ0v) is 11.2. The molecule has 3 aliphatic rings. The largest absolute Gasteiger partial charge is 0.366 e. The summed E-state index contributed by atoms with van der Waals surface area (Å²) in [4.78, 5) is 0. The van der Waals surface area contributed by atoms with Crippen molar-refractivity contribution in [2.45, 2.75) is 69.8 Å². The molecule has 0 aliphatic carbocycles. The van der Waals surface area contributed by atoms with Crippen LogP contribution in [0.15, 0.2) is 0 Å². The van der Waals surface area contributed by atoms with E-state index in [2.05, 4.69) is 0 Å². The molecule has 0 aromatic heterocycles. The van der Waals surface area contributed by atoms with Crippen LogP contribution in [-0.2, 0) is 23.7 Å². The van der Waals surface area contributed by atoms with Crippen LogP contribution >= 0.6 is 0 Å². The SMILES string of the molecule is [CH]C1O[C@H]([C@H]2COC(C)(C)O2)[C@@H]2OC(C)(C)O[C@H]12. The van der Waals surface area contributed by atoms with E-state index in [1.54, 1.807) is 0 Å². The molecule has 0 N–H and O–H groups in total. The van der Waals surface area contributed by atoms with Gasteiger partial charge < -0.3 is 23.7 Å². The summed E-state index contributed by atoms with van der Waals surface area (Å²) in [7, 11) is 0. The molecule has 0 aromatic rings. The lowest BCUT2D eigenvalue weighted by Crippen LogP contribution is -2.40. The van der Waals surface area contributed by atoms with E-state index >= 15 is 0 Å². The van der Waals surface area contributed by atoms with Crippen LogP contribution in [0.5, 0.6) is 0 Å². The summed E-state index contributed by atoms with van der Waals surface area (Å²) in [5, 5.41) is 0. The van der Waals surface area contributed by atoms with E-state index in [1.165, 1.54) is 0 Å². The second-order valence-electron chi connectivity index (χ2n) is 6.00. The molecule has 2 radical (unpaired) electrons. The van der Waals surface area contributed by atoms with Crippen molar-refractivity contribution >= 4 is 0 Å². The molecule has 0 bridgehead atoms. The summed E-state index contributed by atoms with van der Waals surface area (Å²) in [6, 6.07) is 0. The Balaban J connectivity index is 1.75. The highest BCUT2D eigenvalue weighted by Crippen LogP contribution is 2.41. The molecular weight excluding hydrogens is 236 g/mol. The first kappa shape index (κ1) is 12.8. The first-order valence-corrected chi connectivity index (χ1v) is 6.36. The van der Waals surface area contributed by atoms with Gasteiger partial charge in [-0.1, -0.05) is 0 Å². The van der Waals surface area contributed by atoms with E-state index in [9.17, 15) is 0 Å². The Hall–Kier alpha value is -0.200. The molecule has 3 aliphatic heterocycles. The smallest absolute Gasteiger partial charge is 0.164 e. The Bertz CT molecular complexity index is 340. The molecule has 5 atom stereocenters. The highest BCUT2D eigenvalue weighted by atomic mass is 16.8. The number of fused-ring (bicyclic) bond motifs is 1. The third-order valence-electron chi connectivity index (χ3n) is 3.52. The third kappa shape index (κ3) is 2.08. The van der Waals surface area contributed by atoms with Crippen LogP contribution in [0.1, 0.15) is 27.7 Å². The van der Waals surface area contributed by atoms with Crippen molar-refractivity contribution in [3.05, 3.63) is 6.92 Å². The molecule has 5 heteroatoms. The summed E-state index contributed by atoms with van der Waals surface area (Å²) < 4.78 is 28.7. The van der Waals surface area contributed by atoms with Gasteiger partial charge in [0.2, 0.25) is 0 Å². The van der Waals surface area contributed by atoms with Crippen molar-refractivity contribution in [1.29, 1.82) is 0 Å². The lowest BCUT2D eigenvalue weighted by Gasteiger charge is -2.26. The van der Waals surface area contributed by atoms with Gasteiger partial charge in [0.25, 0.3) is 0 Å². The van der Waals surface area contributed by atoms with E-state index in [4.69, 9.17) is 30.6 Å². The zero-order chi connectivity index (χ0) is 13.1. The van der Waals surface area contributed by atoms with Gasteiger partial charge >= 0.3 is 0 Å². The van der Waals surface area contributed by atoms with E-state index in [0.29, 0.717) is 6.61 Å². The Morgan fingerprint density at radius 2 is 1.56 bits per heavy atom. The Kier molecular flexibility index (Phi) is 2.78. The predicted molar refractivity (Wildman–Crippen MR) is 61.7 cm³/mol. The standard InChI is InChI=1S/C13H20O5/c1-7-9-11(18-13(4,5)17-9)10(15-7)8-6-14-12(2,3)16-8/h1,7-11H,6H2,2-5H3/t7?,8-,9-,10-,11-/m1/s1. The zero-order valence-electron chi connectivity index (χ0n) is 11.2. The van der Waals surface area contributed by atoms with Crippen molar-refractivity contribution in [3.63, 3.8) is 0 Å². The first-order chi connectivity index (χ1) is 8.27. The van der Waals surface area contributed by atoms with Gasteiger partial charge in [0.1, 0.15) is 24.4 Å². The predicted octanol–water partition coefficient (Wildman–Crippen LogP) is 1.14. The molecule has 3 fully saturated rings. The van der Waals surface area contributed by atoms with E-state index < -0.39 is 17.7 Å². The number of ether oxygens (including phenoxy) is 5. The van der Waals surface area contributed by atoms with Crippen LogP contribution in [0.3, 0.4) is 0 Å². The van der Waals surface area contributed by atoms with Gasteiger partial charge in [-0.15, -0.1) is 0 Å². The molecule has 3 heterocycles. The minimum absolute atomic E-state index is 0.168. The summed E-state index contributed by atoms with van der Waals surface area (Å²) >= 11 is 0. The fraction of sp³-hybridized carbons (Fsp3) is 0.923. The molecule has 1 unspecified atom stereocenters. The van der Waals surface area contributed by atoms with Crippen LogP contribution in [0, 0.1) is 6.92 Å². The number of hydrogen-bond donors (Lipinski definition) is 0.